The second-order valence-corrected chi connectivity index (χ2v) is 7.44. The first-order chi connectivity index (χ1) is 15.2. The number of carbonyl (C=O) groups excluding carboxylic acids is 1. The van der Waals surface area contributed by atoms with Gasteiger partial charge in [-0.15, -0.1) is 0 Å². The smallest absolute Gasteiger partial charge is 0.255 e. The quantitative estimate of drug-likeness (QED) is 0.510. The molecule has 2 heterocycles. The summed E-state index contributed by atoms with van der Waals surface area (Å²) < 4.78 is 7.32. The maximum absolute atomic E-state index is 12.7. The molecule has 154 valence electrons. The lowest BCUT2D eigenvalue weighted by atomic mass is 10.0. The van der Waals surface area contributed by atoms with Crippen LogP contribution in [-0.4, -0.2) is 22.8 Å². The third-order valence-electron chi connectivity index (χ3n) is 5.38. The number of methoxy groups -OCH3 is 1. The number of amides is 1. The molecule has 0 saturated carbocycles. The highest BCUT2D eigenvalue weighted by Gasteiger charge is 2.28. The van der Waals surface area contributed by atoms with Crippen LogP contribution in [0.5, 0.6) is 5.75 Å². The first kappa shape index (κ1) is 18.9. The first-order valence-electron chi connectivity index (χ1n) is 10.1. The lowest BCUT2D eigenvalue weighted by molar-refractivity contribution is 0.0936. The second-order valence-electron chi connectivity index (χ2n) is 7.44. The minimum atomic E-state index is -0.395. The Morgan fingerprint density at radius 2 is 1.77 bits per heavy atom. The summed E-state index contributed by atoms with van der Waals surface area (Å²) in [6, 6.07) is 25.5. The highest BCUT2D eigenvalue weighted by Crippen LogP contribution is 2.33. The van der Waals surface area contributed by atoms with Gasteiger partial charge in [-0.1, -0.05) is 54.6 Å². The van der Waals surface area contributed by atoms with Gasteiger partial charge in [-0.05, 0) is 29.8 Å². The lowest BCUT2D eigenvalue weighted by Crippen LogP contribution is -2.38. The summed E-state index contributed by atoms with van der Waals surface area (Å²) in [5.74, 6) is 0.652. The van der Waals surface area contributed by atoms with Gasteiger partial charge in [-0.3, -0.25) is 9.48 Å². The first-order valence-corrected chi connectivity index (χ1v) is 10.1. The standard InChI is InChI=1S/C25H22N4O2/c1-31-19-11-7-10-18(14-19)23-21(16-29(28-23)15-17-8-3-2-4-9-17)24-26-22-13-6-5-12-20(22)25(30)27-24/h2-14,16,24,26H,15H2,1H3,(H,27,30)/t24-/m0/s1. The van der Waals surface area contributed by atoms with Crippen molar-refractivity contribution >= 4 is 11.6 Å². The Balaban J connectivity index is 1.57. The fraction of sp³-hybridized carbons (Fsp3) is 0.120. The van der Waals surface area contributed by atoms with Gasteiger partial charge in [0.25, 0.3) is 5.91 Å². The van der Waals surface area contributed by atoms with Crippen LogP contribution in [0, 0.1) is 0 Å². The van der Waals surface area contributed by atoms with Crippen molar-refractivity contribution < 1.29 is 9.53 Å². The highest BCUT2D eigenvalue weighted by atomic mass is 16.5. The average molecular weight is 410 g/mol. The molecule has 0 aliphatic carbocycles. The molecular formula is C25H22N4O2. The number of rotatable bonds is 5. The Morgan fingerprint density at radius 3 is 2.61 bits per heavy atom. The van der Waals surface area contributed by atoms with Crippen molar-refractivity contribution in [3.8, 4) is 17.0 Å². The number of hydrogen-bond donors (Lipinski definition) is 2. The molecule has 0 spiro atoms. The Kier molecular flexibility index (Phi) is 4.88. The third kappa shape index (κ3) is 3.75. The molecule has 1 aromatic heterocycles. The monoisotopic (exact) mass is 410 g/mol. The average Bonchev–Trinajstić information content (AvgIpc) is 3.23. The normalized spacial score (nSPS) is 15.0. The van der Waals surface area contributed by atoms with Crippen molar-refractivity contribution in [1.82, 2.24) is 15.1 Å². The number of aromatic nitrogens is 2. The molecule has 0 saturated heterocycles. The van der Waals surface area contributed by atoms with Crippen molar-refractivity contribution in [3.63, 3.8) is 0 Å². The van der Waals surface area contributed by atoms with E-state index in [0.29, 0.717) is 12.1 Å². The topological polar surface area (TPSA) is 68.2 Å². The van der Waals surface area contributed by atoms with Crippen molar-refractivity contribution in [1.29, 1.82) is 0 Å². The molecular weight excluding hydrogens is 388 g/mol. The number of para-hydroxylation sites is 1. The number of nitrogens with zero attached hydrogens (tertiary/aromatic N) is 2. The van der Waals surface area contributed by atoms with E-state index in [1.165, 1.54) is 0 Å². The van der Waals surface area contributed by atoms with E-state index in [-0.39, 0.29) is 5.91 Å². The van der Waals surface area contributed by atoms with Crippen molar-refractivity contribution in [3.05, 3.63) is 102 Å². The zero-order valence-corrected chi connectivity index (χ0v) is 17.1. The number of fused-ring (bicyclic) bond motifs is 1. The van der Waals surface area contributed by atoms with Gasteiger partial charge in [-0.25, -0.2) is 0 Å². The third-order valence-corrected chi connectivity index (χ3v) is 5.38. The van der Waals surface area contributed by atoms with Crippen LogP contribution in [0.1, 0.15) is 27.7 Å². The molecule has 0 bridgehead atoms. The minimum Gasteiger partial charge on any atom is -0.497 e. The Morgan fingerprint density at radius 1 is 0.968 bits per heavy atom. The number of nitrogens with one attached hydrogen (secondary N) is 2. The van der Waals surface area contributed by atoms with Crippen molar-refractivity contribution in [2.24, 2.45) is 0 Å². The molecule has 1 atom stereocenters. The van der Waals surface area contributed by atoms with Gasteiger partial charge in [0.15, 0.2) is 0 Å². The number of carbonyl (C=O) groups is 1. The fourth-order valence-corrected chi connectivity index (χ4v) is 3.86. The molecule has 6 nitrogen and oxygen atoms in total. The van der Waals surface area contributed by atoms with Gasteiger partial charge in [0.1, 0.15) is 11.9 Å². The van der Waals surface area contributed by atoms with E-state index in [4.69, 9.17) is 9.84 Å². The minimum absolute atomic E-state index is 0.105. The summed E-state index contributed by atoms with van der Waals surface area (Å²) in [6.45, 7) is 0.634. The van der Waals surface area contributed by atoms with Crippen LogP contribution >= 0.6 is 0 Å². The fourth-order valence-electron chi connectivity index (χ4n) is 3.86. The van der Waals surface area contributed by atoms with Crippen LogP contribution in [-0.2, 0) is 6.54 Å². The van der Waals surface area contributed by atoms with Gasteiger partial charge < -0.3 is 15.4 Å². The maximum atomic E-state index is 12.7. The predicted octanol–water partition coefficient (Wildman–Crippen LogP) is 4.46. The van der Waals surface area contributed by atoms with Crippen LogP contribution in [0.4, 0.5) is 5.69 Å². The van der Waals surface area contributed by atoms with Crippen molar-refractivity contribution in [2.75, 3.05) is 12.4 Å². The lowest BCUT2D eigenvalue weighted by Gasteiger charge is -2.27. The Bertz CT molecular complexity index is 1230. The molecule has 31 heavy (non-hydrogen) atoms. The zero-order valence-electron chi connectivity index (χ0n) is 17.1. The largest absolute Gasteiger partial charge is 0.497 e. The Hall–Kier alpha value is -4.06. The number of hydrogen-bond acceptors (Lipinski definition) is 4. The number of anilines is 1. The van der Waals surface area contributed by atoms with Gasteiger partial charge in [0, 0.05) is 23.0 Å². The molecule has 1 aliphatic heterocycles. The highest BCUT2D eigenvalue weighted by molar-refractivity contribution is 6.01. The number of ether oxygens (including phenoxy) is 1. The van der Waals surface area contributed by atoms with Gasteiger partial charge in [0.05, 0.1) is 24.9 Å². The van der Waals surface area contributed by atoms with Crippen molar-refractivity contribution in [2.45, 2.75) is 12.7 Å². The predicted molar refractivity (Wildman–Crippen MR) is 120 cm³/mol. The molecule has 3 aromatic carbocycles. The van der Waals surface area contributed by atoms with Crippen LogP contribution in [0.15, 0.2) is 85.1 Å². The van der Waals surface area contributed by atoms with Gasteiger partial charge in [0.2, 0.25) is 0 Å². The second kappa shape index (κ2) is 7.99. The van der Waals surface area contributed by atoms with E-state index in [1.54, 1.807) is 7.11 Å². The maximum Gasteiger partial charge on any atom is 0.255 e. The zero-order chi connectivity index (χ0) is 21.2. The molecule has 5 rings (SSSR count). The van der Waals surface area contributed by atoms with E-state index in [0.717, 1.165) is 33.8 Å². The molecule has 1 aliphatic rings. The summed E-state index contributed by atoms with van der Waals surface area (Å²) in [7, 11) is 1.65. The van der Waals surface area contributed by atoms with E-state index in [2.05, 4.69) is 22.8 Å². The van der Waals surface area contributed by atoms with E-state index in [1.807, 2.05) is 77.6 Å². The van der Waals surface area contributed by atoms with Gasteiger partial charge in [-0.2, -0.15) is 5.10 Å². The van der Waals surface area contributed by atoms with Crippen LogP contribution in [0.25, 0.3) is 11.3 Å². The summed E-state index contributed by atoms with van der Waals surface area (Å²) in [4.78, 5) is 12.7. The van der Waals surface area contributed by atoms with E-state index < -0.39 is 6.17 Å². The molecule has 0 fully saturated rings. The molecule has 0 radical (unpaired) electrons. The summed E-state index contributed by atoms with van der Waals surface area (Å²) in [5.41, 5.74) is 5.22. The van der Waals surface area contributed by atoms with Gasteiger partial charge >= 0.3 is 0 Å². The molecule has 6 heteroatoms. The molecule has 4 aromatic rings. The van der Waals surface area contributed by atoms with Crippen LogP contribution < -0.4 is 15.4 Å². The molecule has 2 N–H and O–H groups in total. The molecule has 1 amide bonds. The SMILES string of the molecule is COc1cccc(-c2nn(Cc3ccccc3)cc2[C@@H]2NC(=O)c3ccccc3N2)c1. The van der Waals surface area contributed by atoms with E-state index in [9.17, 15) is 4.79 Å². The molecule has 0 unspecified atom stereocenters. The summed E-state index contributed by atoms with van der Waals surface area (Å²) in [5, 5.41) is 11.4. The van der Waals surface area contributed by atoms with E-state index >= 15 is 0 Å². The summed E-state index contributed by atoms with van der Waals surface area (Å²) >= 11 is 0. The number of benzene rings is 3. The Labute approximate surface area is 180 Å². The van der Waals surface area contributed by atoms with Crippen LogP contribution in [0.3, 0.4) is 0 Å². The van der Waals surface area contributed by atoms with Crippen LogP contribution in [0.2, 0.25) is 0 Å². The summed E-state index contributed by atoms with van der Waals surface area (Å²) in [6.07, 6.45) is 1.60.